The zero-order valence-electron chi connectivity index (χ0n) is 11.4. The summed E-state index contributed by atoms with van der Waals surface area (Å²) < 4.78 is 0.936. The summed E-state index contributed by atoms with van der Waals surface area (Å²) in [6, 6.07) is 13.5. The van der Waals surface area contributed by atoms with Gasteiger partial charge in [-0.2, -0.15) is 5.10 Å². The summed E-state index contributed by atoms with van der Waals surface area (Å²) in [4.78, 5) is 22.1. The van der Waals surface area contributed by atoms with Crippen molar-refractivity contribution < 1.29 is 9.72 Å². The van der Waals surface area contributed by atoms with E-state index in [4.69, 9.17) is 0 Å². The highest BCUT2D eigenvalue weighted by atomic mass is 79.9. The average molecular weight is 362 g/mol. The Morgan fingerprint density at radius 1 is 1.23 bits per heavy atom. The lowest BCUT2D eigenvalue weighted by atomic mass is 10.1. The van der Waals surface area contributed by atoms with Gasteiger partial charge >= 0.3 is 0 Å². The Morgan fingerprint density at radius 3 is 2.59 bits per heavy atom. The second-order valence-electron chi connectivity index (χ2n) is 4.41. The second kappa shape index (κ2) is 7.46. The van der Waals surface area contributed by atoms with Crippen molar-refractivity contribution in [3.8, 4) is 0 Å². The predicted molar refractivity (Wildman–Crippen MR) is 86.7 cm³/mol. The van der Waals surface area contributed by atoms with Crippen LogP contribution in [-0.2, 0) is 11.2 Å². The summed E-state index contributed by atoms with van der Waals surface area (Å²) in [6.07, 6.45) is 1.44. The number of nitro groups is 1. The quantitative estimate of drug-likeness (QED) is 0.504. The van der Waals surface area contributed by atoms with Crippen LogP contribution in [0.4, 0.5) is 5.69 Å². The van der Waals surface area contributed by atoms with Crippen molar-refractivity contribution in [1.82, 2.24) is 5.43 Å². The highest BCUT2D eigenvalue weighted by molar-refractivity contribution is 9.10. The Hall–Kier alpha value is -2.54. The molecule has 1 N–H and O–H groups in total. The highest BCUT2D eigenvalue weighted by Crippen LogP contribution is 2.15. The molecule has 6 nitrogen and oxygen atoms in total. The molecule has 0 unspecified atom stereocenters. The van der Waals surface area contributed by atoms with Gasteiger partial charge in [0.1, 0.15) is 0 Å². The monoisotopic (exact) mass is 361 g/mol. The lowest BCUT2D eigenvalue weighted by Gasteiger charge is -2.01. The van der Waals surface area contributed by atoms with Crippen LogP contribution in [0.2, 0.25) is 0 Å². The topological polar surface area (TPSA) is 84.6 Å². The summed E-state index contributed by atoms with van der Waals surface area (Å²) in [5.41, 5.74) is 3.47. The molecular formula is C15H12BrN3O3. The molecule has 0 aromatic heterocycles. The number of carbonyl (C=O) groups excluding carboxylic acids is 1. The van der Waals surface area contributed by atoms with E-state index in [-0.39, 0.29) is 18.0 Å². The lowest BCUT2D eigenvalue weighted by molar-refractivity contribution is -0.385. The number of benzene rings is 2. The third kappa shape index (κ3) is 4.49. The average Bonchev–Trinajstić information content (AvgIpc) is 2.50. The van der Waals surface area contributed by atoms with Gasteiger partial charge in [-0.05, 0) is 23.8 Å². The van der Waals surface area contributed by atoms with Crippen LogP contribution in [0.25, 0.3) is 0 Å². The summed E-state index contributed by atoms with van der Waals surface area (Å²) in [7, 11) is 0. The van der Waals surface area contributed by atoms with Gasteiger partial charge in [0.05, 0.1) is 23.1 Å². The van der Waals surface area contributed by atoms with Crippen LogP contribution in [0.1, 0.15) is 11.1 Å². The first kappa shape index (κ1) is 15.8. The van der Waals surface area contributed by atoms with Crippen molar-refractivity contribution in [2.75, 3.05) is 0 Å². The number of hydrazone groups is 1. The minimum absolute atomic E-state index is 0.0617. The predicted octanol–water partition coefficient (Wildman–Crippen LogP) is 3.05. The Balaban J connectivity index is 1.96. The maximum absolute atomic E-state index is 11.7. The molecule has 2 aromatic rings. The Labute approximate surface area is 135 Å². The third-order valence-electron chi connectivity index (χ3n) is 2.80. The first-order valence-corrected chi connectivity index (χ1v) is 7.15. The van der Waals surface area contributed by atoms with Gasteiger partial charge in [0.2, 0.25) is 5.91 Å². The molecule has 0 aliphatic rings. The van der Waals surface area contributed by atoms with Gasteiger partial charge in [-0.15, -0.1) is 0 Å². The van der Waals surface area contributed by atoms with Crippen molar-refractivity contribution in [3.05, 3.63) is 74.2 Å². The first-order chi connectivity index (χ1) is 10.6. The summed E-state index contributed by atoms with van der Waals surface area (Å²) in [5, 5.41) is 14.6. The zero-order chi connectivity index (χ0) is 15.9. The van der Waals surface area contributed by atoms with Gasteiger partial charge in [-0.3, -0.25) is 14.9 Å². The Kier molecular flexibility index (Phi) is 5.37. The van der Waals surface area contributed by atoms with E-state index < -0.39 is 4.92 Å². The fourth-order valence-electron chi connectivity index (χ4n) is 1.76. The van der Waals surface area contributed by atoms with E-state index in [9.17, 15) is 14.9 Å². The molecular weight excluding hydrogens is 350 g/mol. The molecule has 0 aliphatic carbocycles. The van der Waals surface area contributed by atoms with E-state index in [1.807, 2.05) is 24.3 Å². The molecule has 0 aliphatic heterocycles. The molecule has 22 heavy (non-hydrogen) atoms. The molecule has 112 valence electrons. The van der Waals surface area contributed by atoms with Crippen molar-refractivity contribution in [2.24, 2.45) is 5.10 Å². The van der Waals surface area contributed by atoms with Crippen molar-refractivity contribution in [1.29, 1.82) is 0 Å². The lowest BCUT2D eigenvalue weighted by Crippen LogP contribution is -2.19. The third-order valence-corrected chi connectivity index (χ3v) is 3.33. The summed E-state index contributed by atoms with van der Waals surface area (Å²) in [6.45, 7) is 0. The number of rotatable bonds is 5. The fourth-order valence-corrected chi connectivity index (χ4v) is 2.03. The molecule has 0 saturated carbocycles. The van der Waals surface area contributed by atoms with Gasteiger partial charge in [0, 0.05) is 10.5 Å². The zero-order valence-corrected chi connectivity index (χ0v) is 13.0. The van der Waals surface area contributed by atoms with E-state index in [0.29, 0.717) is 5.56 Å². The molecule has 0 radical (unpaired) electrons. The van der Waals surface area contributed by atoms with Crippen LogP contribution in [0.5, 0.6) is 0 Å². The number of nitro benzene ring substituents is 1. The van der Waals surface area contributed by atoms with Crippen molar-refractivity contribution >= 4 is 33.7 Å². The number of nitrogens with one attached hydrogen (secondary N) is 1. The molecule has 0 heterocycles. The highest BCUT2D eigenvalue weighted by Gasteiger charge is 2.10. The van der Waals surface area contributed by atoms with E-state index in [0.717, 1.165) is 10.0 Å². The molecule has 7 heteroatoms. The molecule has 0 saturated heterocycles. The maximum Gasteiger partial charge on any atom is 0.278 e. The number of carbonyl (C=O) groups is 1. The molecule has 0 fully saturated rings. The standard InChI is InChI=1S/C15H12BrN3O3/c16-13-7-5-11(6-8-13)9-15(20)18-17-10-12-3-1-2-4-14(12)19(21)22/h1-8,10H,9H2,(H,18,20)/b17-10+. The van der Waals surface area contributed by atoms with Gasteiger partial charge in [0.15, 0.2) is 0 Å². The van der Waals surface area contributed by atoms with Gasteiger partial charge in [0.25, 0.3) is 5.69 Å². The minimum atomic E-state index is -0.495. The van der Waals surface area contributed by atoms with Gasteiger partial charge in [-0.1, -0.05) is 40.2 Å². The van der Waals surface area contributed by atoms with E-state index in [2.05, 4.69) is 26.5 Å². The Morgan fingerprint density at radius 2 is 1.91 bits per heavy atom. The van der Waals surface area contributed by atoms with Crippen LogP contribution >= 0.6 is 15.9 Å². The van der Waals surface area contributed by atoms with E-state index >= 15 is 0 Å². The molecule has 0 bridgehead atoms. The van der Waals surface area contributed by atoms with Gasteiger partial charge in [-0.25, -0.2) is 5.43 Å². The Bertz CT molecular complexity index is 714. The number of para-hydroxylation sites is 1. The smallest absolute Gasteiger partial charge is 0.273 e. The van der Waals surface area contributed by atoms with E-state index in [1.165, 1.54) is 12.3 Å². The number of nitrogens with zero attached hydrogens (tertiary/aromatic N) is 2. The number of hydrogen-bond donors (Lipinski definition) is 1. The number of amides is 1. The van der Waals surface area contributed by atoms with Crippen LogP contribution in [0, 0.1) is 10.1 Å². The summed E-state index contributed by atoms with van der Waals surface area (Å²) >= 11 is 3.32. The molecule has 2 aromatic carbocycles. The number of hydrogen-bond acceptors (Lipinski definition) is 4. The van der Waals surface area contributed by atoms with Crippen LogP contribution < -0.4 is 5.43 Å². The van der Waals surface area contributed by atoms with Crippen LogP contribution in [0.15, 0.2) is 58.1 Å². The van der Waals surface area contributed by atoms with E-state index in [1.54, 1.807) is 18.2 Å². The molecule has 1 amide bonds. The fraction of sp³-hybridized carbons (Fsp3) is 0.0667. The minimum Gasteiger partial charge on any atom is -0.273 e. The maximum atomic E-state index is 11.7. The van der Waals surface area contributed by atoms with Crippen LogP contribution in [-0.4, -0.2) is 17.0 Å². The van der Waals surface area contributed by atoms with Crippen LogP contribution in [0.3, 0.4) is 0 Å². The second-order valence-corrected chi connectivity index (χ2v) is 5.33. The SMILES string of the molecule is O=C(Cc1ccc(Br)cc1)N/N=C/c1ccccc1[N+](=O)[O-]. The molecule has 0 spiro atoms. The van der Waals surface area contributed by atoms with Gasteiger partial charge < -0.3 is 0 Å². The normalized spacial score (nSPS) is 10.6. The van der Waals surface area contributed by atoms with Crippen molar-refractivity contribution in [3.63, 3.8) is 0 Å². The summed E-state index contributed by atoms with van der Waals surface area (Å²) in [5.74, 6) is -0.294. The van der Waals surface area contributed by atoms with Crippen molar-refractivity contribution in [2.45, 2.75) is 6.42 Å². The molecule has 0 atom stereocenters. The number of halogens is 1. The largest absolute Gasteiger partial charge is 0.278 e. The first-order valence-electron chi connectivity index (χ1n) is 6.36. The molecule has 2 rings (SSSR count).